The Bertz CT molecular complexity index is 512. The minimum absolute atomic E-state index is 0.0997. The van der Waals surface area contributed by atoms with E-state index in [1.165, 1.54) is 0 Å². The molecular formula is C15H19NO4. The van der Waals surface area contributed by atoms with Crippen LogP contribution in [0.25, 0.3) is 0 Å². The van der Waals surface area contributed by atoms with Crippen LogP contribution in [0.5, 0.6) is 0 Å². The number of carbonyl (C=O) groups is 2. The molecule has 0 spiro atoms. The number of aliphatic carboxylic acids is 1. The number of alkyl carbamates (subject to hydrolysis) is 1. The summed E-state index contributed by atoms with van der Waals surface area (Å²) in [5.74, 6) is 4.21. The van der Waals surface area contributed by atoms with Gasteiger partial charge in [-0.3, -0.25) is 0 Å². The summed E-state index contributed by atoms with van der Waals surface area (Å²) in [5.41, 5.74) is -0.698. The van der Waals surface area contributed by atoms with Gasteiger partial charge in [-0.2, -0.15) is 0 Å². The number of hydrogen-bond acceptors (Lipinski definition) is 3. The van der Waals surface area contributed by atoms with Gasteiger partial charge in [0.15, 0.2) is 0 Å². The van der Waals surface area contributed by atoms with E-state index in [0.717, 1.165) is 23.7 Å². The summed E-state index contributed by atoms with van der Waals surface area (Å²) in [4.78, 5) is 23.6. The van der Waals surface area contributed by atoms with Crippen LogP contribution in [-0.4, -0.2) is 28.8 Å². The topological polar surface area (TPSA) is 75.6 Å². The van der Waals surface area contributed by atoms with Gasteiger partial charge in [-0.15, -0.1) is 0 Å². The third-order valence-electron chi connectivity index (χ3n) is 6.96. The van der Waals surface area contributed by atoms with Crippen LogP contribution in [0.15, 0.2) is 0 Å². The Balaban J connectivity index is 1.36. The van der Waals surface area contributed by atoms with Crippen LogP contribution in [0.2, 0.25) is 0 Å². The maximum absolute atomic E-state index is 11.9. The molecule has 20 heavy (non-hydrogen) atoms. The zero-order valence-electron chi connectivity index (χ0n) is 11.8. The fourth-order valence-electron chi connectivity index (χ4n) is 6.92. The molecule has 0 heterocycles. The molecule has 0 aromatic rings. The van der Waals surface area contributed by atoms with Gasteiger partial charge < -0.3 is 15.2 Å². The molecule has 6 fully saturated rings. The Morgan fingerprint density at radius 3 is 2.00 bits per heavy atom. The van der Waals surface area contributed by atoms with Crippen LogP contribution >= 0.6 is 0 Å². The minimum atomic E-state index is -0.897. The number of carboxylic acid groups (broad SMARTS) is 1. The molecule has 0 saturated heterocycles. The van der Waals surface area contributed by atoms with Crippen molar-refractivity contribution >= 4 is 12.1 Å². The van der Waals surface area contributed by atoms with E-state index in [0.29, 0.717) is 17.8 Å². The third kappa shape index (κ3) is 0.806. The lowest BCUT2D eigenvalue weighted by molar-refractivity contribution is -0.617. The molecule has 6 aliphatic carbocycles. The molecule has 6 saturated carbocycles. The van der Waals surface area contributed by atoms with Gasteiger partial charge in [0.25, 0.3) is 0 Å². The Morgan fingerprint density at radius 2 is 1.60 bits per heavy atom. The zero-order valence-corrected chi connectivity index (χ0v) is 11.8. The third-order valence-corrected chi connectivity index (χ3v) is 6.96. The molecule has 5 nitrogen and oxygen atoms in total. The van der Waals surface area contributed by atoms with Crippen LogP contribution in [0, 0.1) is 46.8 Å². The normalized spacial score (nSPS) is 55.9. The Hall–Kier alpha value is -1.26. The first-order valence-electron chi connectivity index (χ1n) is 7.52. The first-order chi connectivity index (χ1) is 9.30. The predicted octanol–water partition coefficient (Wildman–Crippen LogP) is 1.33. The van der Waals surface area contributed by atoms with Crippen molar-refractivity contribution in [3.8, 4) is 0 Å². The van der Waals surface area contributed by atoms with Gasteiger partial charge in [-0.1, -0.05) is 0 Å². The van der Waals surface area contributed by atoms with E-state index in [-0.39, 0.29) is 5.41 Å². The lowest BCUT2D eigenvalue weighted by atomic mass is 8.96. The van der Waals surface area contributed by atoms with Gasteiger partial charge in [-0.05, 0) is 62.2 Å². The monoisotopic (exact) mass is 277 g/mol. The summed E-state index contributed by atoms with van der Waals surface area (Å²) in [6.07, 6.45) is -0.599. The number of carboxylic acids is 1. The highest BCUT2D eigenvalue weighted by atomic mass is 16.6. The Kier molecular flexibility index (Phi) is 1.55. The maximum atomic E-state index is 11.9. The highest BCUT2D eigenvalue weighted by Crippen LogP contribution is 3.06. The lowest BCUT2D eigenvalue weighted by Crippen LogP contribution is -3.08. The second-order valence-corrected chi connectivity index (χ2v) is 8.30. The van der Waals surface area contributed by atoms with Gasteiger partial charge in [0.05, 0.1) is 0 Å². The number of nitrogens with one attached hydrogen (secondary N) is 1. The van der Waals surface area contributed by atoms with Crippen molar-refractivity contribution in [1.82, 2.24) is 5.32 Å². The minimum Gasteiger partial charge on any atom is -0.480 e. The summed E-state index contributed by atoms with van der Waals surface area (Å²) < 4.78 is 5.22. The van der Waals surface area contributed by atoms with Crippen LogP contribution in [0.1, 0.15) is 20.8 Å². The molecular weight excluding hydrogens is 258 g/mol. The molecule has 0 bridgehead atoms. The average Bonchev–Trinajstić information content (AvgIpc) is 2.33. The van der Waals surface area contributed by atoms with Crippen LogP contribution in [0.4, 0.5) is 4.79 Å². The summed E-state index contributed by atoms with van der Waals surface area (Å²) in [7, 11) is 0. The highest BCUT2D eigenvalue weighted by Gasteiger charge is 3.05. The van der Waals surface area contributed by atoms with Gasteiger partial charge in [0, 0.05) is 5.41 Å². The van der Waals surface area contributed by atoms with Crippen molar-refractivity contribution in [2.75, 3.05) is 0 Å². The average molecular weight is 277 g/mol. The summed E-state index contributed by atoms with van der Waals surface area (Å²) in [6, 6.07) is -0.748. The molecule has 0 aromatic carbocycles. The largest absolute Gasteiger partial charge is 0.480 e. The standard InChI is InChI=1S/C15H19NO4/c1-14(2,3)20-13(19)16-11(12(17)18)15-8-5-4-6(8)10(15)7(4)9(5)15/h4-11H,1-3H3,(H,16,19)(H,17,18). The van der Waals surface area contributed by atoms with Gasteiger partial charge >= 0.3 is 12.1 Å². The molecule has 2 N–H and O–H groups in total. The van der Waals surface area contributed by atoms with E-state index >= 15 is 0 Å². The molecule has 1 unspecified atom stereocenters. The predicted molar refractivity (Wildman–Crippen MR) is 67.7 cm³/mol. The van der Waals surface area contributed by atoms with E-state index in [1.54, 1.807) is 20.8 Å². The summed E-state index contributed by atoms with van der Waals surface area (Å²) >= 11 is 0. The number of carbonyl (C=O) groups excluding carboxylic acids is 1. The second-order valence-electron chi connectivity index (χ2n) is 8.30. The molecule has 6 aliphatic rings. The van der Waals surface area contributed by atoms with Crippen LogP contribution in [0.3, 0.4) is 0 Å². The van der Waals surface area contributed by atoms with E-state index in [2.05, 4.69) is 5.32 Å². The summed E-state index contributed by atoms with van der Waals surface area (Å²) in [5, 5.41) is 12.2. The fourth-order valence-corrected chi connectivity index (χ4v) is 6.92. The lowest BCUT2D eigenvalue weighted by Gasteiger charge is -3.08. The molecule has 108 valence electrons. The number of ether oxygens (including phenoxy) is 1. The number of amides is 1. The van der Waals surface area contributed by atoms with Crippen LogP contribution in [-0.2, 0) is 9.53 Å². The quantitative estimate of drug-likeness (QED) is 0.816. The SMILES string of the molecule is CC(C)(C)OC(=O)NC(C(=O)O)C12C3C4C5C3C1C5C42. The molecule has 1 amide bonds. The van der Waals surface area contributed by atoms with Crippen molar-refractivity contribution in [2.45, 2.75) is 32.4 Å². The van der Waals surface area contributed by atoms with Gasteiger partial charge in [0.2, 0.25) is 0 Å². The number of hydrogen-bond donors (Lipinski definition) is 2. The van der Waals surface area contributed by atoms with Crippen molar-refractivity contribution in [1.29, 1.82) is 0 Å². The van der Waals surface area contributed by atoms with E-state index in [9.17, 15) is 14.7 Å². The molecule has 1 atom stereocenters. The molecule has 0 aromatic heterocycles. The molecule has 0 aliphatic heterocycles. The first kappa shape index (κ1) is 11.4. The highest BCUT2D eigenvalue weighted by molar-refractivity contribution is 5.83. The van der Waals surface area contributed by atoms with E-state index in [4.69, 9.17) is 4.74 Å². The second kappa shape index (κ2) is 2.72. The summed E-state index contributed by atoms with van der Waals surface area (Å²) in [6.45, 7) is 5.35. The number of rotatable bonds is 3. The maximum Gasteiger partial charge on any atom is 0.408 e. The first-order valence-corrected chi connectivity index (χ1v) is 7.52. The fraction of sp³-hybridized carbons (Fsp3) is 0.867. The van der Waals surface area contributed by atoms with Crippen molar-refractivity contribution in [3.63, 3.8) is 0 Å². The van der Waals surface area contributed by atoms with Crippen LogP contribution < -0.4 is 5.32 Å². The van der Waals surface area contributed by atoms with Crippen molar-refractivity contribution < 1.29 is 19.4 Å². The Morgan fingerprint density at radius 1 is 1.10 bits per heavy atom. The van der Waals surface area contributed by atoms with E-state index in [1.807, 2.05) is 0 Å². The van der Waals surface area contributed by atoms with Crippen molar-refractivity contribution in [3.05, 3.63) is 0 Å². The van der Waals surface area contributed by atoms with Gasteiger partial charge in [-0.25, -0.2) is 9.59 Å². The smallest absolute Gasteiger partial charge is 0.408 e. The van der Waals surface area contributed by atoms with E-state index < -0.39 is 23.7 Å². The van der Waals surface area contributed by atoms with Crippen molar-refractivity contribution in [2.24, 2.45) is 46.8 Å². The molecule has 5 heteroatoms. The Labute approximate surface area is 117 Å². The molecule has 6 rings (SSSR count). The molecule has 0 radical (unpaired) electrons. The zero-order chi connectivity index (χ0) is 14.2. The van der Waals surface area contributed by atoms with Gasteiger partial charge in [0.1, 0.15) is 11.6 Å².